The number of aromatic nitrogens is 1. The first-order valence-corrected chi connectivity index (χ1v) is 6.29. The number of halogens is 2. The van der Waals surface area contributed by atoms with Crippen molar-refractivity contribution in [3.05, 3.63) is 59.4 Å². The summed E-state index contributed by atoms with van der Waals surface area (Å²) >= 11 is 4.67. The highest BCUT2D eigenvalue weighted by atomic mass is 32.1. The van der Waals surface area contributed by atoms with Gasteiger partial charge < -0.3 is 10.6 Å². The maximum Gasteiger partial charge on any atom is 0.182 e. The fraction of sp³-hybridized carbons (Fsp3) is 0.143. The average Bonchev–Trinajstić information content (AvgIpc) is 2.42. The summed E-state index contributed by atoms with van der Waals surface area (Å²) in [7, 11) is 1.68. The number of hydrogen-bond donors (Lipinski definition) is 1. The summed E-state index contributed by atoms with van der Waals surface area (Å²) in [5.74, 6) is -1.97. The zero-order valence-electron chi connectivity index (χ0n) is 10.8. The van der Waals surface area contributed by atoms with Gasteiger partial charge in [-0.3, -0.25) is 4.98 Å². The van der Waals surface area contributed by atoms with Gasteiger partial charge in [-0.2, -0.15) is 0 Å². The zero-order chi connectivity index (χ0) is 14.7. The minimum Gasteiger partial charge on any atom is -0.389 e. The number of pyridine rings is 1. The molecule has 0 atom stereocenters. The third-order valence-corrected chi connectivity index (χ3v) is 3.13. The van der Waals surface area contributed by atoms with E-state index in [2.05, 4.69) is 17.2 Å². The van der Waals surface area contributed by atoms with Crippen molar-refractivity contribution in [1.29, 1.82) is 0 Å². The quantitative estimate of drug-likeness (QED) is 0.880. The lowest BCUT2D eigenvalue weighted by Gasteiger charge is -2.20. The third kappa shape index (κ3) is 2.91. The van der Waals surface area contributed by atoms with Crippen molar-refractivity contribution in [3.8, 4) is 0 Å². The van der Waals surface area contributed by atoms with E-state index in [9.17, 15) is 8.78 Å². The number of nitrogens with zero attached hydrogens (tertiary/aromatic N) is 2. The van der Waals surface area contributed by atoms with Crippen molar-refractivity contribution in [2.24, 2.45) is 5.73 Å². The Morgan fingerprint density at radius 2 is 1.85 bits per heavy atom. The van der Waals surface area contributed by atoms with Gasteiger partial charge in [0.1, 0.15) is 4.99 Å². The molecule has 0 bridgehead atoms. The second kappa shape index (κ2) is 5.92. The second-order valence-electron chi connectivity index (χ2n) is 4.34. The number of rotatable bonds is 4. The molecule has 2 rings (SSSR count). The number of anilines is 1. The minimum absolute atomic E-state index is 0.0847. The highest BCUT2D eigenvalue weighted by molar-refractivity contribution is 7.80. The molecule has 20 heavy (non-hydrogen) atoms. The smallest absolute Gasteiger partial charge is 0.182 e. The second-order valence-corrected chi connectivity index (χ2v) is 4.78. The van der Waals surface area contributed by atoms with Crippen molar-refractivity contribution in [3.63, 3.8) is 0 Å². The molecule has 1 aromatic carbocycles. The molecule has 0 aliphatic rings. The number of hydrogen-bond acceptors (Lipinski definition) is 3. The van der Waals surface area contributed by atoms with Crippen LogP contribution in [0.3, 0.4) is 0 Å². The van der Waals surface area contributed by atoms with Crippen molar-refractivity contribution in [2.45, 2.75) is 6.54 Å². The van der Waals surface area contributed by atoms with E-state index in [1.807, 2.05) is 12.1 Å². The van der Waals surface area contributed by atoms with Crippen LogP contribution in [-0.4, -0.2) is 17.0 Å². The van der Waals surface area contributed by atoms with Crippen LogP contribution in [0.4, 0.5) is 14.5 Å². The molecule has 0 fully saturated rings. The summed E-state index contributed by atoms with van der Waals surface area (Å²) in [6, 6.07) is 6.48. The summed E-state index contributed by atoms with van der Waals surface area (Å²) in [5.41, 5.74) is 6.35. The number of thiocarbonyl (C=S) groups is 1. The van der Waals surface area contributed by atoms with Gasteiger partial charge in [-0.1, -0.05) is 12.2 Å². The fourth-order valence-electron chi connectivity index (χ4n) is 1.87. The monoisotopic (exact) mass is 293 g/mol. The zero-order valence-corrected chi connectivity index (χ0v) is 11.6. The van der Waals surface area contributed by atoms with Gasteiger partial charge in [-0.25, -0.2) is 8.78 Å². The summed E-state index contributed by atoms with van der Waals surface area (Å²) in [5, 5.41) is 0. The Morgan fingerprint density at radius 3 is 2.45 bits per heavy atom. The summed E-state index contributed by atoms with van der Waals surface area (Å²) in [6.07, 6.45) is 3.30. The standard InChI is InChI=1S/C14H13F2N3S/c1-19(8-9-4-6-18-7-5-9)11-3-2-10(14(17)20)12(15)13(11)16/h2-7H,8H2,1H3,(H2,17,20). The fourth-order valence-corrected chi connectivity index (χ4v) is 2.03. The Balaban J connectivity index is 2.29. The molecule has 2 aromatic rings. The van der Waals surface area contributed by atoms with Crippen molar-refractivity contribution >= 4 is 22.9 Å². The van der Waals surface area contributed by atoms with E-state index in [1.165, 1.54) is 12.1 Å². The maximum absolute atomic E-state index is 14.0. The Labute approximate surface area is 121 Å². The van der Waals surface area contributed by atoms with Crippen molar-refractivity contribution in [1.82, 2.24) is 4.98 Å². The normalized spacial score (nSPS) is 10.3. The van der Waals surface area contributed by atoms with Gasteiger partial charge >= 0.3 is 0 Å². The van der Waals surface area contributed by atoms with E-state index in [0.29, 0.717) is 6.54 Å². The van der Waals surface area contributed by atoms with E-state index in [0.717, 1.165) is 5.56 Å². The topological polar surface area (TPSA) is 42.2 Å². The van der Waals surface area contributed by atoms with Gasteiger partial charge in [0.05, 0.1) is 5.69 Å². The van der Waals surface area contributed by atoms with Crippen LogP contribution in [0.2, 0.25) is 0 Å². The summed E-state index contributed by atoms with van der Waals surface area (Å²) in [4.78, 5) is 5.35. The van der Waals surface area contributed by atoms with Crippen LogP contribution in [-0.2, 0) is 6.54 Å². The molecule has 0 saturated heterocycles. The summed E-state index contributed by atoms with van der Waals surface area (Å²) in [6.45, 7) is 0.436. The van der Waals surface area contributed by atoms with Gasteiger partial charge in [-0.05, 0) is 29.8 Å². The van der Waals surface area contributed by atoms with Crippen LogP contribution < -0.4 is 10.6 Å². The third-order valence-electron chi connectivity index (χ3n) is 2.91. The first-order chi connectivity index (χ1) is 9.50. The van der Waals surface area contributed by atoms with Crippen molar-refractivity contribution < 1.29 is 8.78 Å². The average molecular weight is 293 g/mol. The number of benzene rings is 1. The van der Waals surface area contributed by atoms with E-state index in [1.54, 1.807) is 24.3 Å². The highest BCUT2D eigenvalue weighted by Crippen LogP contribution is 2.24. The molecule has 1 heterocycles. The van der Waals surface area contributed by atoms with Crippen LogP contribution >= 0.6 is 12.2 Å². The molecule has 1 aromatic heterocycles. The van der Waals surface area contributed by atoms with Crippen molar-refractivity contribution in [2.75, 3.05) is 11.9 Å². The van der Waals surface area contributed by atoms with Gasteiger partial charge in [0.15, 0.2) is 11.6 Å². The van der Waals surface area contributed by atoms with Crippen LogP contribution in [0.5, 0.6) is 0 Å². The minimum atomic E-state index is -1.02. The first-order valence-electron chi connectivity index (χ1n) is 5.88. The highest BCUT2D eigenvalue weighted by Gasteiger charge is 2.17. The van der Waals surface area contributed by atoms with E-state index in [4.69, 9.17) is 5.73 Å². The van der Waals surface area contributed by atoms with Gasteiger partial charge in [0.25, 0.3) is 0 Å². The first kappa shape index (κ1) is 14.3. The van der Waals surface area contributed by atoms with Crippen LogP contribution in [0.1, 0.15) is 11.1 Å². The molecule has 6 heteroatoms. The molecule has 0 aliphatic carbocycles. The van der Waals surface area contributed by atoms with Crippen LogP contribution in [0, 0.1) is 11.6 Å². The van der Waals surface area contributed by atoms with Crippen LogP contribution in [0.25, 0.3) is 0 Å². The molecule has 3 nitrogen and oxygen atoms in total. The van der Waals surface area contributed by atoms with E-state index >= 15 is 0 Å². The predicted molar refractivity (Wildman–Crippen MR) is 78.6 cm³/mol. The van der Waals surface area contributed by atoms with Gasteiger partial charge in [-0.15, -0.1) is 0 Å². The Hall–Kier alpha value is -2.08. The van der Waals surface area contributed by atoms with Crippen LogP contribution in [0.15, 0.2) is 36.7 Å². The van der Waals surface area contributed by atoms with E-state index < -0.39 is 11.6 Å². The maximum atomic E-state index is 14.0. The molecular formula is C14H13F2N3S. The molecule has 0 saturated carbocycles. The molecule has 0 amide bonds. The number of nitrogens with two attached hydrogens (primary N) is 1. The molecule has 2 N–H and O–H groups in total. The molecule has 0 spiro atoms. The Morgan fingerprint density at radius 1 is 1.20 bits per heavy atom. The molecular weight excluding hydrogens is 280 g/mol. The Kier molecular flexibility index (Phi) is 4.24. The SMILES string of the molecule is CN(Cc1ccncc1)c1ccc(C(N)=S)c(F)c1F. The Bertz CT molecular complexity index is 632. The molecule has 0 radical (unpaired) electrons. The lowest BCUT2D eigenvalue weighted by Crippen LogP contribution is -2.20. The van der Waals surface area contributed by atoms with E-state index in [-0.39, 0.29) is 16.2 Å². The lowest BCUT2D eigenvalue weighted by molar-refractivity contribution is 0.506. The van der Waals surface area contributed by atoms with Gasteiger partial charge in [0, 0.05) is 31.5 Å². The molecule has 0 aliphatic heterocycles. The van der Waals surface area contributed by atoms with Gasteiger partial charge in [0.2, 0.25) is 0 Å². The predicted octanol–water partition coefficient (Wildman–Crippen LogP) is 2.63. The molecule has 0 unspecified atom stereocenters. The lowest BCUT2D eigenvalue weighted by atomic mass is 10.1. The molecule has 104 valence electrons. The summed E-state index contributed by atoms with van der Waals surface area (Å²) < 4.78 is 27.9. The largest absolute Gasteiger partial charge is 0.389 e.